The lowest BCUT2D eigenvalue weighted by molar-refractivity contribution is 0.386. The molecular formula is C16H17FINO. The summed E-state index contributed by atoms with van der Waals surface area (Å²) in [6.45, 7) is 0. The molecule has 0 aliphatic heterocycles. The Morgan fingerprint density at radius 3 is 2.60 bits per heavy atom. The second-order valence-corrected chi connectivity index (χ2v) is 5.70. The van der Waals surface area contributed by atoms with Gasteiger partial charge in [0.25, 0.3) is 0 Å². The highest BCUT2D eigenvalue weighted by Crippen LogP contribution is 2.25. The van der Waals surface area contributed by atoms with Gasteiger partial charge in [-0.05, 0) is 65.4 Å². The van der Waals surface area contributed by atoms with Crippen LogP contribution in [0.25, 0.3) is 0 Å². The van der Waals surface area contributed by atoms with Gasteiger partial charge in [0.15, 0.2) is 11.6 Å². The van der Waals surface area contributed by atoms with Crippen LogP contribution in [0.1, 0.15) is 17.2 Å². The number of halogens is 2. The van der Waals surface area contributed by atoms with Gasteiger partial charge >= 0.3 is 0 Å². The zero-order chi connectivity index (χ0) is 14.5. The minimum atomic E-state index is -0.317. The number of hydrogen-bond acceptors (Lipinski definition) is 2. The molecule has 2 aromatic rings. The van der Waals surface area contributed by atoms with Crippen molar-refractivity contribution in [3.8, 4) is 5.75 Å². The molecule has 0 amide bonds. The SMILES string of the molecule is CNC(Cc1ccc(OC)c(F)c1)c1ccccc1I. The van der Waals surface area contributed by atoms with Crippen LogP contribution in [0.15, 0.2) is 42.5 Å². The maximum absolute atomic E-state index is 13.7. The molecule has 0 saturated heterocycles. The number of rotatable bonds is 5. The van der Waals surface area contributed by atoms with Crippen molar-refractivity contribution in [2.45, 2.75) is 12.5 Å². The average Bonchev–Trinajstić information content (AvgIpc) is 2.46. The van der Waals surface area contributed by atoms with E-state index in [0.29, 0.717) is 0 Å². The van der Waals surface area contributed by atoms with Crippen molar-refractivity contribution in [2.75, 3.05) is 14.2 Å². The molecule has 1 N–H and O–H groups in total. The second kappa shape index (κ2) is 7.04. The largest absolute Gasteiger partial charge is 0.494 e. The maximum Gasteiger partial charge on any atom is 0.165 e. The van der Waals surface area contributed by atoms with Crippen molar-refractivity contribution in [1.82, 2.24) is 5.32 Å². The van der Waals surface area contributed by atoms with E-state index in [1.165, 1.54) is 16.2 Å². The highest BCUT2D eigenvalue weighted by Gasteiger charge is 2.14. The first kappa shape index (κ1) is 15.3. The Morgan fingerprint density at radius 2 is 2.00 bits per heavy atom. The Morgan fingerprint density at radius 1 is 1.25 bits per heavy atom. The molecular weight excluding hydrogens is 368 g/mol. The average molecular weight is 385 g/mol. The number of likely N-dealkylation sites (N-methyl/N-ethyl adjacent to an activating group) is 1. The molecule has 0 spiro atoms. The number of ether oxygens (including phenoxy) is 1. The molecule has 106 valence electrons. The van der Waals surface area contributed by atoms with Gasteiger partial charge in [0.05, 0.1) is 7.11 Å². The Labute approximate surface area is 132 Å². The van der Waals surface area contributed by atoms with Gasteiger partial charge < -0.3 is 10.1 Å². The predicted molar refractivity (Wildman–Crippen MR) is 87.6 cm³/mol. The van der Waals surface area contributed by atoms with Crippen LogP contribution in [0, 0.1) is 9.39 Å². The van der Waals surface area contributed by atoms with Crippen LogP contribution in [-0.2, 0) is 6.42 Å². The molecule has 0 aliphatic carbocycles. The summed E-state index contributed by atoms with van der Waals surface area (Å²) in [6.07, 6.45) is 0.734. The van der Waals surface area contributed by atoms with Gasteiger partial charge in [-0.3, -0.25) is 0 Å². The van der Waals surface area contributed by atoms with Gasteiger partial charge in [-0.1, -0.05) is 24.3 Å². The summed E-state index contributed by atoms with van der Waals surface area (Å²) in [4.78, 5) is 0. The lowest BCUT2D eigenvalue weighted by Crippen LogP contribution is -2.19. The van der Waals surface area contributed by atoms with Gasteiger partial charge in [-0.2, -0.15) is 0 Å². The quantitative estimate of drug-likeness (QED) is 0.788. The third-order valence-electron chi connectivity index (χ3n) is 3.29. The van der Waals surface area contributed by atoms with Gasteiger partial charge in [-0.15, -0.1) is 0 Å². The number of nitrogens with one attached hydrogen (secondary N) is 1. The normalized spacial score (nSPS) is 12.2. The Kier molecular flexibility index (Phi) is 5.37. The molecule has 1 atom stereocenters. The fraction of sp³-hybridized carbons (Fsp3) is 0.250. The van der Waals surface area contributed by atoms with E-state index in [1.54, 1.807) is 12.1 Å². The van der Waals surface area contributed by atoms with Crippen molar-refractivity contribution in [3.05, 3.63) is 63.0 Å². The molecule has 4 heteroatoms. The Bertz CT molecular complexity index is 588. The van der Waals surface area contributed by atoms with Gasteiger partial charge in [0.2, 0.25) is 0 Å². The van der Waals surface area contributed by atoms with Gasteiger partial charge in [0.1, 0.15) is 0 Å². The molecule has 2 aromatic carbocycles. The van der Waals surface area contributed by atoms with E-state index in [4.69, 9.17) is 4.74 Å². The van der Waals surface area contributed by atoms with Crippen LogP contribution in [0.2, 0.25) is 0 Å². The van der Waals surface area contributed by atoms with E-state index in [-0.39, 0.29) is 17.6 Å². The minimum Gasteiger partial charge on any atom is -0.494 e. The van der Waals surface area contributed by atoms with Crippen LogP contribution in [0.5, 0.6) is 5.75 Å². The standard InChI is InChI=1S/C16H17FINO/c1-19-15(12-5-3-4-6-14(12)18)10-11-7-8-16(20-2)13(17)9-11/h3-9,15,19H,10H2,1-2H3. The number of benzene rings is 2. The van der Waals surface area contributed by atoms with Crippen molar-refractivity contribution < 1.29 is 9.13 Å². The number of methoxy groups -OCH3 is 1. The zero-order valence-corrected chi connectivity index (χ0v) is 13.6. The zero-order valence-electron chi connectivity index (χ0n) is 11.5. The lowest BCUT2D eigenvalue weighted by Gasteiger charge is -2.18. The van der Waals surface area contributed by atoms with Crippen molar-refractivity contribution in [2.24, 2.45) is 0 Å². The third kappa shape index (κ3) is 3.49. The molecule has 1 unspecified atom stereocenters. The summed E-state index contributed by atoms with van der Waals surface area (Å²) in [5.74, 6) is -0.0355. The number of hydrogen-bond donors (Lipinski definition) is 1. The molecule has 0 heterocycles. The highest BCUT2D eigenvalue weighted by atomic mass is 127. The van der Waals surface area contributed by atoms with Crippen molar-refractivity contribution in [1.29, 1.82) is 0 Å². The predicted octanol–water partition coefficient (Wildman–Crippen LogP) is 3.94. The van der Waals surface area contributed by atoms with Crippen LogP contribution < -0.4 is 10.1 Å². The van der Waals surface area contributed by atoms with Crippen LogP contribution >= 0.6 is 22.6 Å². The summed E-state index contributed by atoms with van der Waals surface area (Å²) in [7, 11) is 3.40. The Hall–Kier alpha value is -1.14. The molecule has 0 bridgehead atoms. The monoisotopic (exact) mass is 385 g/mol. The smallest absolute Gasteiger partial charge is 0.165 e. The van der Waals surface area contributed by atoms with Crippen LogP contribution in [-0.4, -0.2) is 14.2 Å². The van der Waals surface area contributed by atoms with Crippen molar-refractivity contribution in [3.63, 3.8) is 0 Å². The summed E-state index contributed by atoms with van der Waals surface area (Å²) in [5, 5.41) is 3.30. The summed E-state index contributed by atoms with van der Waals surface area (Å²) in [6, 6.07) is 13.5. The molecule has 0 aromatic heterocycles. The molecule has 20 heavy (non-hydrogen) atoms. The third-order valence-corrected chi connectivity index (χ3v) is 4.27. The summed E-state index contributed by atoms with van der Waals surface area (Å²) >= 11 is 2.33. The summed E-state index contributed by atoms with van der Waals surface area (Å²) < 4.78 is 19.9. The van der Waals surface area contributed by atoms with E-state index in [9.17, 15) is 4.39 Å². The molecule has 2 nitrogen and oxygen atoms in total. The van der Waals surface area contributed by atoms with E-state index in [2.05, 4.69) is 40.0 Å². The maximum atomic E-state index is 13.7. The van der Waals surface area contributed by atoms with Crippen molar-refractivity contribution >= 4 is 22.6 Å². The Balaban J connectivity index is 2.23. The molecule has 0 saturated carbocycles. The first-order valence-electron chi connectivity index (χ1n) is 6.39. The fourth-order valence-corrected chi connectivity index (χ4v) is 2.96. The fourth-order valence-electron chi connectivity index (χ4n) is 2.20. The molecule has 0 radical (unpaired) electrons. The molecule has 0 aliphatic rings. The van der Waals surface area contributed by atoms with Crippen LogP contribution in [0.4, 0.5) is 4.39 Å². The van der Waals surface area contributed by atoms with E-state index >= 15 is 0 Å². The highest BCUT2D eigenvalue weighted by molar-refractivity contribution is 14.1. The minimum absolute atomic E-state index is 0.163. The first-order chi connectivity index (χ1) is 9.65. The van der Waals surface area contributed by atoms with E-state index in [0.717, 1.165) is 12.0 Å². The van der Waals surface area contributed by atoms with E-state index in [1.807, 2.05) is 25.2 Å². The molecule has 0 fully saturated rings. The van der Waals surface area contributed by atoms with E-state index < -0.39 is 0 Å². The first-order valence-corrected chi connectivity index (χ1v) is 7.47. The topological polar surface area (TPSA) is 21.3 Å². The molecule has 2 rings (SSSR count). The van der Waals surface area contributed by atoms with Crippen LogP contribution in [0.3, 0.4) is 0 Å². The second-order valence-electron chi connectivity index (χ2n) is 4.54. The van der Waals surface area contributed by atoms with Gasteiger partial charge in [0, 0.05) is 9.61 Å². The summed E-state index contributed by atoms with van der Waals surface area (Å²) in [5.41, 5.74) is 2.18. The van der Waals surface area contributed by atoms with Gasteiger partial charge in [-0.25, -0.2) is 4.39 Å². The lowest BCUT2D eigenvalue weighted by atomic mass is 9.99.